The lowest BCUT2D eigenvalue weighted by Gasteiger charge is -2.33. The Morgan fingerprint density at radius 2 is 2.00 bits per heavy atom. The van der Waals surface area contributed by atoms with E-state index in [1.54, 1.807) is 0 Å². The molecule has 0 aromatic rings. The van der Waals surface area contributed by atoms with Crippen LogP contribution in [0, 0.1) is 11.8 Å². The van der Waals surface area contributed by atoms with Crippen molar-refractivity contribution in [3.8, 4) is 0 Å². The van der Waals surface area contributed by atoms with Crippen LogP contribution in [0.2, 0.25) is 0 Å². The van der Waals surface area contributed by atoms with Gasteiger partial charge < -0.3 is 10.0 Å². The zero-order chi connectivity index (χ0) is 13.0. The van der Waals surface area contributed by atoms with E-state index in [4.69, 9.17) is 0 Å². The number of nitrogens with zero attached hydrogens (tertiary/aromatic N) is 1. The van der Waals surface area contributed by atoms with E-state index in [0.29, 0.717) is 12.5 Å². The third-order valence-electron chi connectivity index (χ3n) is 4.64. The molecule has 0 aromatic carbocycles. The van der Waals surface area contributed by atoms with Gasteiger partial charge in [0, 0.05) is 19.0 Å². The summed E-state index contributed by atoms with van der Waals surface area (Å²) in [6, 6.07) is 0. The lowest BCUT2D eigenvalue weighted by atomic mass is 9.90. The molecule has 1 N–H and O–H groups in total. The topological polar surface area (TPSA) is 40.5 Å². The summed E-state index contributed by atoms with van der Waals surface area (Å²) in [6.45, 7) is 3.52. The summed E-state index contributed by atoms with van der Waals surface area (Å²) in [6.07, 6.45) is 8.83. The van der Waals surface area contributed by atoms with Gasteiger partial charge in [-0.15, -0.1) is 0 Å². The van der Waals surface area contributed by atoms with E-state index in [1.165, 1.54) is 25.7 Å². The van der Waals surface area contributed by atoms with Crippen LogP contribution >= 0.6 is 0 Å². The van der Waals surface area contributed by atoms with Crippen LogP contribution in [0.5, 0.6) is 0 Å². The predicted octanol–water partition coefficient (Wildman–Crippen LogP) is 2.58. The first-order valence-electron chi connectivity index (χ1n) is 7.67. The number of β-amino-alcohol motifs (C(OH)–C–C–N with tert-alkyl or cyclic N) is 1. The fourth-order valence-electron chi connectivity index (χ4n) is 3.50. The van der Waals surface area contributed by atoms with Crippen molar-refractivity contribution >= 4 is 5.91 Å². The van der Waals surface area contributed by atoms with Crippen LogP contribution in [0.4, 0.5) is 0 Å². The van der Waals surface area contributed by atoms with Gasteiger partial charge in [-0.25, -0.2) is 0 Å². The molecule has 1 heterocycles. The van der Waals surface area contributed by atoms with E-state index in [2.05, 4.69) is 6.92 Å². The molecule has 1 saturated carbocycles. The highest BCUT2D eigenvalue weighted by atomic mass is 16.3. The second-order valence-electron chi connectivity index (χ2n) is 6.07. The van der Waals surface area contributed by atoms with E-state index >= 15 is 0 Å². The largest absolute Gasteiger partial charge is 0.391 e. The molecule has 0 aromatic heterocycles. The van der Waals surface area contributed by atoms with Gasteiger partial charge in [0.05, 0.1) is 6.10 Å². The number of aliphatic hydroxyl groups is 1. The van der Waals surface area contributed by atoms with Crippen LogP contribution in [-0.4, -0.2) is 35.1 Å². The van der Waals surface area contributed by atoms with Gasteiger partial charge in [0.15, 0.2) is 0 Å². The molecule has 1 aliphatic carbocycles. The van der Waals surface area contributed by atoms with E-state index in [0.717, 1.165) is 38.1 Å². The van der Waals surface area contributed by atoms with Crippen LogP contribution in [-0.2, 0) is 4.79 Å². The van der Waals surface area contributed by atoms with Crippen molar-refractivity contribution in [1.82, 2.24) is 4.90 Å². The van der Waals surface area contributed by atoms with Crippen molar-refractivity contribution in [3.63, 3.8) is 0 Å². The van der Waals surface area contributed by atoms with Gasteiger partial charge >= 0.3 is 0 Å². The Hall–Kier alpha value is -0.570. The second-order valence-corrected chi connectivity index (χ2v) is 6.07. The van der Waals surface area contributed by atoms with Crippen molar-refractivity contribution in [2.45, 2.75) is 64.4 Å². The van der Waals surface area contributed by atoms with E-state index in [9.17, 15) is 9.90 Å². The molecule has 1 aliphatic heterocycles. The van der Waals surface area contributed by atoms with Crippen LogP contribution in [0.3, 0.4) is 0 Å². The molecule has 2 atom stereocenters. The molecule has 3 nitrogen and oxygen atoms in total. The van der Waals surface area contributed by atoms with E-state index in [1.807, 2.05) is 4.90 Å². The lowest BCUT2D eigenvalue weighted by Crippen LogP contribution is -2.45. The summed E-state index contributed by atoms with van der Waals surface area (Å²) in [5.41, 5.74) is 0. The molecule has 2 aliphatic rings. The Labute approximate surface area is 111 Å². The Kier molecular flexibility index (Phi) is 5.04. The van der Waals surface area contributed by atoms with Gasteiger partial charge in [-0.05, 0) is 31.6 Å². The van der Waals surface area contributed by atoms with Gasteiger partial charge in [0.25, 0.3) is 0 Å². The van der Waals surface area contributed by atoms with Crippen LogP contribution in [0.15, 0.2) is 0 Å². The maximum atomic E-state index is 12.5. The molecule has 2 fully saturated rings. The summed E-state index contributed by atoms with van der Waals surface area (Å²) in [7, 11) is 0. The molecule has 2 rings (SSSR count). The molecular formula is C15H27NO2. The zero-order valence-electron chi connectivity index (χ0n) is 11.6. The van der Waals surface area contributed by atoms with Crippen LogP contribution in [0.25, 0.3) is 0 Å². The average Bonchev–Trinajstić information content (AvgIpc) is 2.88. The fraction of sp³-hybridized carbons (Fsp3) is 0.933. The van der Waals surface area contributed by atoms with Crippen molar-refractivity contribution in [2.24, 2.45) is 11.8 Å². The van der Waals surface area contributed by atoms with Gasteiger partial charge in [0.2, 0.25) is 5.91 Å². The minimum atomic E-state index is -0.299. The summed E-state index contributed by atoms with van der Waals surface area (Å²) in [5.74, 6) is 1.26. The Balaban J connectivity index is 1.87. The monoisotopic (exact) mass is 253 g/mol. The maximum absolute atomic E-state index is 12.5. The third-order valence-corrected chi connectivity index (χ3v) is 4.64. The quantitative estimate of drug-likeness (QED) is 0.836. The molecular weight excluding hydrogens is 226 g/mol. The fourth-order valence-corrected chi connectivity index (χ4v) is 3.50. The lowest BCUT2D eigenvalue weighted by molar-refractivity contribution is -0.139. The molecule has 0 bridgehead atoms. The summed E-state index contributed by atoms with van der Waals surface area (Å²) < 4.78 is 0. The molecule has 18 heavy (non-hydrogen) atoms. The maximum Gasteiger partial charge on any atom is 0.225 e. The van der Waals surface area contributed by atoms with Crippen molar-refractivity contribution in [1.29, 1.82) is 0 Å². The number of likely N-dealkylation sites (tertiary alicyclic amines) is 1. The first kappa shape index (κ1) is 13.9. The van der Waals surface area contributed by atoms with Gasteiger partial charge in [0.1, 0.15) is 0 Å². The van der Waals surface area contributed by atoms with Gasteiger partial charge in [-0.3, -0.25) is 4.79 Å². The molecule has 3 heteroatoms. The van der Waals surface area contributed by atoms with E-state index in [-0.39, 0.29) is 12.0 Å². The second kappa shape index (κ2) is 6.55. The predicted molar refractivity (Wildman–Crippen MR) is 72.2 cm³/mol. The Morgan fingerprint density at radius 3 is 2.61 bits per heavy atom. The highest BCUT2D eigenvalue weighted by molar-refractivity contribution is 5.79. The van der Waals surface area contributed by atoms with Crippen LogP contribution in [0.1, 0.15) is 58.3 Å². The summed E-state index contributed by atoms with van der Waals surface area (Å²) in [4.78, 5) is 14.4. The van der Waals surface area contributed by atoms with Gasteiger partial charge in [-0.1, -0.05) is 32.6 Å². The minimum absolute atomic E-state index is 0.193. The summed E-state index contributed by atoms with van der Waals surface area (Å²) in [5, 5.41) is 9.67. The van der Waals surface area contributed by atoms with Crippen LogP contribution < -0.4 is 0 Å². The molecule has 2 unspecified atom stereocenters. The molecule has 0 radical (unpaired) electrons. The van der Waals surface area contributed by atoms with Gasteiger partial charge in [-0.2, -0.15) is 0 Å². The molecule has 104 valence electrons. The zero-order valence-corrected chi connectivity index (χ0v) is 11.6. The molecule has 1 amide bonds. The Bertz CT molecular complexity index is 274. The van der Waals surface area contributed by atoms with Crippen molar-refractivity contribution < 1.29 is 9.90 Å². The van der Waals surface area contributed by atoms with E-state index < -0.39 is 0 Å². The third kappa shape index (κ3) is 3.47. The molecule has 0 spiro atoms. The highest BCUT2D eigenvalue weighted by Crippen LogP contribution is 2.32. The molecule has 1 saturated heterocycles. The number of piperidine rings is 1. The normalized spacial score (nSPS) is 27.4. The smallest absolute Gasteiger partial charge is 0.225 e. The first-order chi connectivity index (χ1) is 8.70. The van der Waals surface area contributed by atoms with Crippen molar-refractivity contribution in [3.05, 3.63) is 0 Å². The highest BCUT2D eigenvalue weighted by Gasteiger charge is 2.29. The number of hydrogen-bond donors (Lipinski definition) is 1. The Morgan fingerprint density at radius 1 is 1.28 bits per heavy atom. The number of carbonyl (C=O) groups is 1. The number of carbonyl (C=O) groups excluding carboxylic acids is 1. The number of amides is 1. The SMILES string of the molecule is CCC(CC1CCCC1)C(=O)N1CCCC(O)C1. The summed E-state index contributed by atoms with van der Waals surface area (Å²) >= 11 is 0. The minimum Gasteiger partial charge on any atom is -0.391 e. The first-order valence-corrected chi connectivity index (χ1v) is 7.67. The standard InChI is InChI=1S/C15H27NO2/c1-2-13(10-12-6-3-4-7-12)15(18)16-9-5-8-14(17)11-16/h12-14,17H,2-11H2,1H3. The van der Waals surface area contributed by atoms with Crippen molar-refractivity contribution in [2.75, 3.05) is 13.1 Å². The average molecular weight is 253 g/mol. The number of aliphatic hydroxyl groups excluding tert-OH is 1. The number of rotatable bonds is 4. The number of hydrogen-bond acceptors (Lipinski definition) is 2.